The maximum Gasteiger partial charge on any atom is 0.239 e. The first-order valence-electron chi connectivity index (χ1n) is 11.1. The molecule has 0 spiro atoms. The van der Waals surface area contributed by atoms with Crippen LogP contribution < -0.4 is 16.4 Å². The number of carbonyl (C=O) groups excluding carboxylic acids is 1. The highest BCUT2D eigenvalue weighted by molar-refractivity contribution is 6.30. The molecule has 8 heteroatoms. The SMILES string of the molecule is NC(=O)C(CC1CCCCC1)Nc1cc(-n2cccc2)nc(NCc2cccc(Cl)c2)n1. The van der Waals surface area contributed by atoms with Gasteiger partial charge in [0.2, 0.25) is 11.9 Å². The third kappa shape index (κ3) is 6.01. The first-order valence-corrected chi connectivity index (χ1v) is 11.5. The van der Waals surface area contributed by atoms with Crippen molar-refractivity contribution in [1.29, 1.82) is 0 Å². The van der Waals surface area contributed by atoms with Crippen LogP contribution in [0.3, 0.4) is 0 Å². The molecule has 32 heavy (non-hydrogen) atoms. The summed E-state index contributed by atoms with van der Waals surface area (Å²) < 4.78 is 1.90. The minimum absolute atomic E-state index is 0.356. The lowest BCUT2D eigenvalue weighted by Crippen LogP contribution is -2.37. The number of primary amides is 1. The third-order valence-electron chi connectivity index (χ3n) is 5.88. The van der Waals surface area contributed by atoms with Crippen LogP contribution in [0, 0.1) is 5.92 Å². The lowest BCUT2D eigenvalue weighted by Gasteiger charge is -2.26. The fourth-order valence-electron chi connectivity index (χ4n) is 4.22. The second-order valence-electron chi connectivity index (χ2n) is 8.35. The maximum absolute atomic E-state index is 12.2. The molecule has 1 atom stereocenters. The Hall–Kier alpha value is -3.06. The van der Waals surface area contributed by atoms with E-state index in [9.17, 15) is 4.79 Å². The Morgan fingerprint density at radius 3 is 2.62 bits per heavy atom. The van der Waals surface area contributed by atoms with E-state index in [4.69, 9.17) is 17.3 Å². The minimum Gasteiger partial charge on any atom is -0.368 e. The maximum atomic E-state index is 12.2. The summed E-state index contributed by atoms with van der Waals surface area (Å²) in [6.07, 6.45) is 10.6. The summed E-state index contributed by atoms with van der Waals surface area (Å²) in [5.74, 6) is 1.88. The van der Waals surface area contributed by atoms with E-state index >= 15 is 0 Å². The van der Waals surface area contributed by atoms with Gasteiger partial charge in [-0.2, -0.15) is 9.97 Å². The molecule has 4 N–H and O–H groups in total. The fraction of sp³-hybridized carbons (Fsp3) is 0.375. The number of amides is 1. The Bertz CT molecular complexity index is 1030. The van der Waals surface area contributed by atoms with E-state index in [0.29, 0.717) is 35.1 Å². The first-order chi connectivity index (χ1) is 15.6. The Labute approximate surface area is 193 Å². The monoisotopic (exact) mass is 452 g/mol. The number of nitrogens with one attached hydrogen (secondary N) is 2. The summed E-state index contributed by atoms with van der Waals surface area (Å²) in [7, 11) is 0. The van der Waals surface area contributed by atoms with Crippen LogP contribution in [0.5, 0.6) is 0 Å². The molecule has 0 radical (unpaired) electrons. The number of carbonyl (C=O) groups is 1. The van der Waals surface area contributed by atoms with Crippen LogP contribution in [0.2, 0.25) is 5.02 Å². The van der Waals surface area contributed by atoms with Crippen molar-refractivity contribution in [2.75, 3.05) is 10.6 Å². The normalized spacial score (nSPS) is 15.3. The third-order valence-corrected chi connectivity index (χ3v) is 6.12. The lowest BCUT2D eigenvalue weighted by atomic mass is 9.84. The van der Waals surface area contributed by atoms with Crippen molar-refractivity contribution >= 4 is 29.3 Å². The van der Waals surface area contributed by atoms with Gasteiger partial charge in [0.05, 0.1) is 0 Å². The number of rotatable bonds is 9. The molecule has 2 heterocycles. The molecule has 4 rings (SSSR count). The van der Waals surface area contributed by atoms with Crippen LogP contribution in [-0.4, -0.2) is 26.5 Å². The van der Waals surface area contributed by atoms with E-state index < -0.39 is 6.04 Å². The number of benzene rings is 1. The van der Waals surface area contributed by atoms with E-state index in [1.54, 1.807) is 0 Å². The van der Waals surface area contributed by atoms with Crippen molar-refractivity contribution in [3.63, 3.8) is 0 Å². The van der Waals surface area contributed by atoms with E-state index in [0.717, 1.165) is 24.8 Å². The van der Waals surface area contributed by atoms with Gasteiger partial charge < -0.3 is 20.9 Å². The number of aromatic nitrogens is 3. The molecule has 1 aliphatic carbocycles. The lowest BCUT2D eigenvalue weighted by molar-refractivity contribution is -0.119. The van der Waals surface area contributed by atoms with Gasteiger partial charge in [0.1, 0.15) is 17.7 Å². The fourth-order valence-corrected chi connectivity index (χ4v) is 4.43. The molecule has 0 bridgehead atoms. The van der Waals surface area contributed by atoms with Crippen molar-refractivity contribution < 1.29 is 4.79 Å². The number of nitrogens with two attached hydrogens (primary N) is 1. The second-order valence-corrected chi connectivity index (χ2v) is 8.78. The zero-order valence-corrected chi connectivity index (χ0v) is 18.8. The average Bonchev–Trinajstić information content (AvgIpc) is 3.33. The van der Waals surface area contributed by atoms with Gasteiger partial charge in [-0.15, -0.1) is 0 Å². The quantitative estimate of drug-likeness (QED) is 0.434. The van der Waals surface area contributed by atoms with Gasteiger partial charge in [0.25, 0.3) is 0 Å². The molecule has 0 aliphatic heterocycles. The van der Waals surface area contributed by atoms with E-state index in [1.165, 1.54) is 19.3 Å². The Kier molecular flexibility index (Phi) is 7.27. The van der Waals surface area contributed by atoms with Gasteiger partial charge in [0.15, 0.2) is 0 Å². The van der Waals surface area contributed by atoms with Gasteiger partial charge >= 0.3 is 0 Å². The van der Waals surface area contributed by atoms with Crippen molar-refractivity contribution in [2.45, 2.75) is 51.1 Å². The predicted molar refractivity (Wildman–Crippen MR) is 128 cm³/mol. The molecular weight excluding hydrogens is 424 g/mol. The minimum atomic E-state index is -0.466. The van der Waals surface area contributed by atoms with Crippen LogP contribution in [0.25, 0.3) is 5.82 Å². The van der Waals surface area contributed by atoms with Crippen LogP contribution in [0.1, 0.15) is 44.1 Å². The highest BCUT2D eigenvalue weighted by Crippen LogP contribution is 2.28. The second kappa shape index (κ2) is 10.5. The number of nitrogens with zero attached hydrogens (tertiary/aromatic N) is 3. The molecule has 1 amide bonds. The molecule has 1 fully saturated rings. The smallest absolute Gasteiger partial charge is 0.239 e. The highest BCUT2D eigenvalue weighted by Gasteiger charge is 2.23. The van der Waals surface area contributed by atoms with Gasteiger partial charge in [-0.1, -0.05) is 55.8 Å². The number of hydrogen-bond donors (Lipinski definition) is 3. The van der Waals surface area contributed by atoms with Gasteiger partial charge in [-0.05, 0) is 42.2 Å². The Balaban J connectivity index is 1.54. The molecule has 3 aromatic rings. The first kappa shape index (κ1) is 22.1. The molecule has 1 unspecified atom stereocenters. The predicted octanol–water partition coefficient (Wildman–Crippen LogP) is 4.77. The van der Waals surface area contributed by atoms with Crippen molar-refractivity contribution in [2.24, 2.45) is 11.7 Å². The summed E-state index contributed by atoms with van der Waals surface area (Å²) in [5.41, 5.74) is 6.77. The van der Waals surface area contributed by atoms with Gasteiger partial charge in [-0.3, -0.25) is 4.79 Å². The summed E-state index contributed by atoms with van der Waals surface area (Å²) in [6, 6.07) is 12.9. The van der Waals surface area contributed by atoms with Crippen LogP contribution in [0.4, 0.5) is 11.8 Å². The van der Waals surface area contributed by atoms with Crippen LogP contribution in [-0.2, 0) is 11.3 Å². The van der Waals surface area contributed by atoms with E-state index in [-0.39, 0.29) is 5.91 Å². The van der Waals surface area contributed by atoms with E-state index in [1.807, 2.05) is 59.4 Å². The topological polar surface area (TPSA) is 97.9 Å². The number of hydrogen-bond acceptors (Lipinski definition) is 5. The molecule has 7 nitrogen and oxygen atoms in total. The number of halogens is 1. The van der Waals surface area contributed by atoms with Crippen molar-refractivity contribution in [3.8, 4) is 5.82 Å². The largest absolute Gasteiger partial charge is 0.368 e. The molecule has 168 valence electrons. The standard InChI is InChI=1S/C24H29ClN6O/c25-19-10-6-9-18(13-19)16-27-24-29-21(15-22(30-24)31-11-4-5-12-31)28-20(23(26)32)14-17-7-2-1-3-8-17/h4-6,9-13,15,17,20H,1-3,7-8,14,16H2,(H2,26,32)(H2,27,28,29,30). The summed E-state index contributed by atoms with van der Waals surface area (Å²) in [5, 5.41) is 7.22. The van der Waals surface area contributed by atoms with Crippen molar-refractivity contribution in [1.82, 2.24) is 14.5 Å². The average molecular weight is 453 g/mol. The highest BCUT2D eigenvalue weighted by atomic mass is 35.5. The molecule has 1 saturated carbocycles. The number of anilines is 2. The molecule has 0 saturated heterocycles. The summed E-state index contributed by atoms with van der Waals surface area (Å²) in [6.45, 7) is 0.524. The van der Waals surface area contributed by atoms with E-state index in [2.05, 4.69) is 20.6 Å². The van der Waals surface area contributed by atoms with Gasteiger partial charge in [-0.25, -0.2) is 0 Å². The summed E-state index contributed by atoms with van der Waals surface area (Å²) >= 11 is 6.10. The van der Waals surface area contributed by atoms with Gasteiger partial charge in [0, 0.05) is 30.0 Å². The molecule has 2 aromatic heterocycles. The molecule has 1 aromatic carbocycles. The van der Waals surface area contributed by atoms with Crippen LogP contribution >= 0.6 is 11.6 Å². The zero-order chi connectivity index (χ0) is 22.3. The van der Waals surface area contributed by atoms with Crippen molar-refractivity contribution in [3.05, 3.63) is 65.4 Å². The summed E-state index contributed by atoms with van der Waals surface area (Å²) in [4.78, 5) is 21.4. The Morgan fingerprint density at radius 2 is 1.91 bits per heavy atom. The zero-order valence-electron chi connectivity index (χ0n) is 18.0. The molecular formula is C24H29ClN6O. The Morgan fingerprint density at radius 1 is 1.12 bits per heavy atom. The van der Waals surface area contributed by atoms with Crippen LogP contribution in [0.15, 0.2) is 54.9 Å². The molecule has 1 aliphatic rings.